The SMILES string of the molecule is COc1ccc(-c2ncc(OC(=O)NC3CCCCC3)nc2-c2ccc(OC)cc2)cc1. The highest BCUT2D eigenvalue weighted by Gasteiger charge is 2.19. The minimum absolute atomic E-state index is 0.154. The summed E-state index contributed by atoms with van der Waals surface area (Å²) in [4.78, 5) is 21.6. The molecule has 166 valence electrons. The zero-order valence-electron chi connectivity index (χ0n) is 18.3. The van der Waals surface area contributed by atoms with Crippen LogP contribution in [0.1, 0.15) is 32.1 Å². The number of carbonyl (C=O) groups is 1. The van der Waals surface area contributed by atoms with E-state index in [-0.39, 0.29) is 11.9 Å². The second-order valence-corrected chi connectivity index (χ2v) is 7.73. The summed E-state index contributed by atoms with van der Waals surface area (Å²) in [5, 5.41) is 2.94. The Hall–Kier alpha value is -3.61. The number of hydrogen-bond donors (Lipinski definition) is 1. The minimum Gasteiger partial charge on any atom is -0.497 e. The van der Waals surface area contributed by atoms with Crippen LogP contribution in [0.3, 0.4) is 0 Å². The molecule has 0 spiro atoms. The van der Waals surface area contributed by atoms with Crippen LogP contribution in [0.2, 0.25) is 0 Å². The lowest BCUT2D eigenvalue weighted by Gasteiger charge is -2.22. The summed E-state index contributed by atoms with van der Waals surface area (Å²) in [6.07, 6.45) is 6.42. The molecule has 1 heterocycles. The van der Waals surface area contributed by atoms with E-state index in [2.05, 4.69) is 15.3 Å². The monoisotopic (exact) mass is 433 g/mol. The third kappa shape index (κ3) is 5.17. The van der Waals surface area contributed by atoms with Gasteiger partial charge in [0.15, 0.2) is 0 Å². The third-order valence-electron chi connectivity index (χ3n) is 5.60. The topological polar surface area (TPSA) is 82.6 Å². The maximum absolute atomic E-state index is 12.4. The maximum atomic E-state index is 12.4. The van der Waals surface area contributed by atoms with Crippen molar-refractivity contribution in [2.45, 2.75) is 38.1 Å². The first-order valence-corrected chi connectivity index (χ1v) is 10.8. The molecule has 0 aliphatic heterocycles. The lowest BCUT2D eigenvalue weighted by atomic mass is 9.96. The number of aromatic nitrogens is 2. The molecule has 1 N–H and O–H groups in total. The number of methoxy groups -OCH3 is 2. The molecule has 0 radical (unpaired) electrons. The Kier molecular flexibility index (Phi) is 6.84. The largest absolute Gasteiger partial charge is 0.497 e. The molecule has 1 saturated carbocycles. The second kappa shape index (κ2) is 10.1. The standard InChI is InChI=1S/C25H27N3O4/c1-30-20-12-8-17(9-13-20)23-24(18-10-14-21(31-2)15-11-18)28-22(16-26-23)32-25(29)27-19-6-4-3-5-7-19/h8-16,19H,3-7H2,1-2H3,(H,27,29). The van der Waals surface area contributed by atoms with E-state index >= 15 is 0 Å². The number of carbonyl (C=O) groups excluding carboxylic acids is 1. The van der Waals surface area contributed by atoms with Gasteiger partial charge < -0.3 is 19.5 Å². The van der Waals surface area contributed by atoms with Crippen LogP contribution >= 0.6 is 0 Å². The molecule has 1 aliphatic rings. The third-order valence-corrected chi connectivity index (χ3v) is 5.60. The molecule has 1 aliphatic carbocycles. The number of benzene rings is 2. The van der Waals surface area contributed by atoms with Gasteiger partial charge in [0, 0.05) is 17.2 Å². The number of ether oxygens (including phenoxy) is 3. The van der Waals surface area contributed by atoms with Crippen LogP contribution in [0.4, 0.5) is 4.79 Å². The van der Waals surface area contributed by atoms with Crippen LogP contribution in [0.5, 0.6) is 17.4 Å². The number of nitrogens with one attached hydrogen (secondary N) is 1. The number of amides is 1. The average molecular weight is 434 g/mol. The van der Waals surface area contributed by atoms with Crippen molar-refractivity contribution in [2.24, 2.45) is 0 Å². The number of rotatable bonds is 6. The molecule has 0 atom stereocenters. The average Bonchev–Trinajstić information content (AvgIpc) is 2.85. The summed E-state index contributed by atoms with van der Waals surface area (Å²) < 4.78 is 16.0. The molecule has 3 aromatic rings. The van der Waals surface area contributed by atoms with E-state index in [0.29, 0.717) is 11.4 Å². The Labute approximate surface area is 187 Å². The van der Waals surface area contributed by atoms with Crippen LogP contribution in [-0.4, -0.2) is 36.3 Å². The lowest BCUT2D eigenvalue weighted by molar-refractivity contribution is 0.190. The van der Waals surface area contributed by atoms with Gasteiger partial charge in [-0.1, -0.05) is 19.3 Å². The lowest BCUT2D eigenvalue weighted by Crippen LogP contribution is -2.38. The van der Waals surface area contributed by atoms with Gasteiger partial charge in [0.1, 0.15) is 17.2 Å². The second-order valence-electron chi connectivity index (χ2n) is 7.73. The molecule has 0 saturated heterocycles. The maximum Gasteiger partial charge on any atom is 0.414 e. The first kappa shape index (κ1) is 21.6. The van der Waals surface area contributed by atoms with E-state index in [9.17, 15) is 4.79 Å². The summed E-state index contributed by atoms with van der Waals surface area (Å²) in [5.74, 6) is 1.65. The Morgan fingerprint density at radius 2 is 1.41 bits per heavy atom. The Balaban J connectivity index is 1.63. The minimum atomic E-state index is -0.496. The van der Waals surface area contributed by atoms with Crippen LogP contribution in [0.15, 0.2) is 54.7 Å². The van der Waals surface area contributed by atoms with Crippen LogP contribution in [0, 0.1) is 0 Å². The molecule has 32 heavy (non-hydrogen) atoms. The summed E-state index contributed by atoms with van der Waals surface area (Å²) >= 11 is 0. The van der Waals surface area contributed by atoms with Crippen molar-refractivity contribution in [3.8, 4) is 39.9 Å². The van der Waals surface area contributed by atoms with Gasteiger partial charge in [-0.15, -0.1) is 0 Å². The molecule has 4 rings (SSSR count). The van der Waals surface area contributed by atoms with Crippen molar-refractivity contribution in [3.63, 3.8) is 0 Å². The molecule has 0 unspecified atom stereocenters. The first-order chi connectivity index (χ1) is 15.7. The summed E-state index contributed by atoms with van der Waals surface area (Å²) in [7, 11) is 3.25. The number of nitrogens with zero attached hydrogens (tertiary/aromatic N) is 2. The van der Waals surface area contributed by atoms with E-state index in [0.717, 1.165) is 48.3 Å². The Bertz CT molecular complexity index is 1050. The fourth-order valence-electron chi connectivity index (χ4n) is 3.87. The summed E-state index contributed by atoms with van der Waals surface area (Å²) in [6.45, 7) is 0. The number of hydrogen-bond acceptors (Lipinski definition) is 6. The fraction of sp³-hybridized carbons (Fsp3) is 0.320. The van der Waals surface area contributed by atoms with Crippen molar-refractivity contribution in [3.05, 3.63) is 54.7 Å². The van der Waals surface area contributed by atoms with Crippen LogP contribution in [-0.2, 0) is 0 Å². The predicted molar refractivity (Wildman–Crippen MR) is 122 cm³/mol. The Morgan fingerprint density at radius 3 is 1.97 bits per heavy atom. The zero-order chi connectivity index (χ0) is 22.3. The molecule has 0 bridgehead atoms. The van der Waals surface area contributed by atoms with Crippen molar-refractivity contribution in [2.75, 3.05) is 14.2 Å². The van der Waals surface area contributed by atoms with Gasteiger partial charge in [-0.2, -0.15) is 0 Å². The first-order valence-electron chi connectivity index (χ1n) is 10.8. The van der Waals surface area contributed by atoms with Gasteiger partial charge in [-0.25, -0.2) is 14.8 Å². The van der Waals surface area contributed by atoms with Gasteiger partial charge in [0.25, 0.3) is 0 Å². The zero-order valence-corrected chi connectivity index (χ0v) is 18.3. The van der Waals surface area contributed by atoms with Crippen molar-refractivity contribution < 1.29 is 19.0 Å². The van der Waals surface area contributed by atoms with Crippen molar-refractivity contribution in [1.82, 2.24) is 15.3 Å². The molecule has 2 aromatic carbocycles. The van der Waals surface area contributed by atoms with Crippen molar-refractivity contribution in [1.29, 1.82) is 0 Å². The van der Waals surface area contributed by atoms with E-state index in [1.165, 1.54) is 12.6 Å². The van der Waals surface area contributed by atoms with E-state index in [1.54, 1.807) is 14.2 Å². The highest BCUT2D eigenvalue weighted by atomic mass is 16.6. The normalized spacial score (nSPS) is 13.9. The predicted octanol–water partition coefficient (Wildman–Crippen LogP) is 5.25. The fourth-order valence-corrected chi connectivity index (χ4v) is 3.87. The molecular formula is C25H27N3O4. The highest BCUT2D eigenvalue weighted by molar-refractivity contribution is 5.79. The van der Waals surface area contributed by atoms with Gasteiger partial charge in [0.05, 0.1) is 26.1 Å². The molecule has 7 heteroatoms. The quantitative estimate of drug-likeness (QED) is 0.572. The van der Waals surface area contributed by atoms with Crippen LogP contribution in [0.25, 0.3) is 22.5 Å². The Morgan fingerprint density at radius 1 is 0.844 bits per heavy atom. The molecule has 1 fully saturated rings. The van der Waals surface area contributed by atoms with E-state index in [1.807, 2.05) is 48.5 Å². The van der Waals surface area contributed by atoms with E-state index in [4.69, 9.17) is 14.2 Å². The highest BCUT2D eigenvalue weighted by Crippen LogP contribution is 2.32. The summed E-state index contributed by atoms with van der Waals surface area (Å²) in [6, 6.07) is 15.3. The molecule has 1 aromatic heterocycles. The molecule has 1 amide bonds. The van der Waals surface area contributed by atoms with Gasteiger partial charge in [-0.3, -0.25) is 0 Å². The van der Waals surface area contributed by atoms with Gasteiger partial charge in [-0.05, 0) is 61.4 Å². The van der Waals surface area contributed by atoms with Crippen molar-refractivity contribution >= 4 is 6.09 Å². The van der Waals surface area contributed by atoms with Crippen LogP contribution < -0.4 is 19.5 Å². The smallest absolute Gasteiger partial charge is 0.414 e. The summed E-state index contributed by atoms with van der Waals surface area (Å²) in [5.41, 5.74) is 3.00. The molecule has 7 nitrogen and oxygen atoms in total. The van der Waals surface area contributed by atoms with E-state index < -0.39 is 6.09 Å². The molecular weight excluding hydrogens is 406 g/mol. The van der Waals surface area contributed by atoms with Gasteiger partial charge in [0.2, 0.25) is 5.88 Å². The van der Waals surface area contributed by atoms with Gasteiger partial charge >= 0.3 is 6.09 Å².